The molecule has 0 spiro atoms. The van der Waals surface area contributed by atoms with Gasteiger partial charge in [-0.1, -0.05) is 144 Å². The highest BCUT2D eigenvalue weighted by molar-refractivity contribution is 7.26. The van der Waals surface area contributed by atoms with E-state index in [2.05, 4.69) is 209 Å². The third-order valence-electron chi connectivity index (χ3n) is 13.2. The van der Waals surface area contributed by atoms with Crippen LogP contribution in [-0.2, 0) is 10.8 Å². The number of anilines is 3. The van der Waals surface area contributed by atoms with Crippen molar-refractivity contribution in [3.05, 3.63) is 187 Å². The van der Waals surface area contributed by atoms with Crippen LogP contribution in [0.1, 0.15) is 51.3 Å². The van der Waals surface area contributed by atoms with E-state index in [1.165, 1.54) is 107 Å². The highest BCUT2D eigenvalue weighted by Gasteiger charge is 2.36. The predicted molar refractivity (Wildman–Crippen MR) is 264 cm³/mol. The molecule has 3 heteroatoms. The smallest absolute Gasteiger partial charge is 0.0546 e. The zero-order valence-corrected chi connectivity index (χ0v) is 36.1. The van der Waals surface area contributed by atoms with E-state index in [1.807, 2.05) is 22.7 Å². The van der Waals surface area contributed by atoms with Crippen molar-refractivity contribution in [3.63, 3.8) is 0 Å². The monoisotopic (exact) mass is 805 g/mol. The first-order valence-corrected chi connectivity index (χ1v) is 22.6. The first-order valence-electron chi connectivity index (χ1n) is 21.0. The summed E-state index contributed by atoms with van der Waals surface area (Å²) < 4.78 is 5.26. The van der Waals surface area contributed by atoms with E-state index in [0.717, 1.165) is 11.4 Å². The fourth-order valence-electron chi connectivity index (χ4n) is 10.1. The Labute approximate surface area is 358 Å². The van der Waals surface area contributed by atoms with Crippen molar-refractivity contribution in [2.45, 2.75) is 45.4 Å². The predicted octanol–water partition coefficient (Wildman–Crippen LogP) is 17.5. The number of thiophene rings is 2. The van der Waals surface area contributed by atoms with Crippen LogP contribution in [-0.4, -0.2) is 0 Å². The molecule has 0 radical (unpaired) electrons. The molecule has 12 rings (SSSR count). The van der Waals surface area contributed by atoms with Gasteiger partial charge >= 0.3 is 0 Å². The zero-order valence-electron chi connectivity index (χ0n) is 34.4. The Balaban J connectivity index is 1.16. The van der Waals surface area contributed by atoms with Crippen LogP contribution in [0.15, 0.2) is 170 Å². The molecule has 0 saturated carbocycles. The molecule has 2 heterocycles. The van der Waals surface area contributed by atoms with E-state index in [4.69, 9.17) is 0 Å². The van der Waals surface area contributed by atoms with Crippen LogP contribution >= 0.6 is 22.7 Å². The molecule has 0 fully saturated rings. The molecular formula is C57H43NS2. The lowest BCUT2D eigenvalue weighted by Gasteiger charge is -2.30. The minimum atomic E-state index is -0.121. The molecule has 1 aliphatic carbocycles. The van der Waals surface area contributed by atoms with Crippen molar-refractivity contribution in [3.8, 4) is 22.3 Å². The molecule has 0 unspecified atom stereocenters. The molecule has 2 aromatic heterocycles. The molecule has 0 saturated heterocycles. The maximum Gasteiger partial charge on any atom is 0.0546 e. The number of hydrogen-bond donors (Lipinski definition) is 0. The summed E-state index contributed by atoms with van der Waals surface area (Å²) in [5.41, 5.74) is 12.7. The molecule has 0 atom stereocenters. The van der Waals surface area contributed by atoms with E-state index in [-0.39, 0.29) is 10.8 Å². The average molecular weight is 806 g/mol. The fourth-order valence-corrected chi connectivity index (χ4v) is 12.4. The van der Waals surface area contributed by atoms with Gasteiger partial charge in [0.25, 0.3) is 0 Å². The number of hydrogen-bond acceptors (Lipinski definition) is 3. The number of fused-ring (bicyclic) bond motifs is 11. The van der Waals surface area contributed by atoms with Crippen molar-refractivity contribution in [2.75, 3.05) is 4.90 Å². The lowest BCUT2D eigenvalue weighted by atomic mass is 9.82. The van der Waals surface area contributed by atoms with Gasteiger partial charge < -0.3 is 4.90 Å². The lowest BCUT2D eigenvalue weighted by Crippen LogP contribution is -2.15. The summed E-state index contributed by atoms with van der Waals surface area (Å²) in [7, 11) is 0. The van der Waals surface area contributed by atoms with Gasteiger partial charge in [-0.15, -0.1) is 22.7 Å². The zero-order chi connectivity index (χ0) is 40.5. The average Bonchev–Trinajstić information content (AvgIpc) is 3.89. The summed E-state index contributed by atoms with van der Waals surface area (Å²) in [6.07, 6.45) is 0. The molecule has 1 nitrogen and oxygen atoms in total. The van der Waals surface area contributed by atoms with E-state index >= 15 is 0 Å². The second kappa shape index (κ2) is 12.9. The van der Waals surface area contributed by atoms with Gasteiger partial charge in [0.2, 0.25) is 0 Å². The highest BCUT2D eigenvalue weighted by atomic mass is 32.1. The maximum absolute atomic E-state index is 2.55. The van der Waals surface area contributed by atoms with E-state index < -0.39 is 0 Å². The van der Waals surface area contributed by atoms with E-state index in [9.17, 15) is 0 Å². The van der Waals surface area contributed by atoms with Crippen LogP contribution in [0.3, 0.4) is 0 Å². The van der Waals surface area contributed by atoms with Crippen LogP contribution in [0.4, 0.5) is 17.1 Å². The number of nitrogens with zero attached hydrogens (tertiary/aromatic N) is 1. The first kappa shape index (κ1) is 35.7. The Morgan fingerprint density at radius 2 is 1.07 bits per heavy atom. The topological polar surface area (TPSA) is 3.24 Å². The second-order valence-electron chi connectivity index (χ2n) is 18.1. The molecule has 9 aromatic carbocycles. The summed E-state index contributed by atoms with van der Waals surface area (Å²) >= 11 is 3.79. The third kappa shape index (κ3) is 5.29. The first-order chi connectivity index (χ1) is 29.1. The fraction of sp³-hybridized carbons (Fsp3) is 0.123. The highest BCUT2D eigenvalue weighted by Crippen LogP contribution is 2.54. The minimum absolute atomic E-state index is 0.0858. The van der Waals surface area contributed by atoms with Gasteiger partial charge in [0, 0.05) is 62.7 Å². The molecule has 0 aliphatic heterocycles. The number of rotatable bonds is 4. The van der Waals surface area contributed by atoms with Gasteiger partial charge in [-0.3, -0.25) is 0 Å². The molecular weight excluding hydrogens is 763 g/mol. The molecule has 0 amide bonds. The normalized spacial score (nSPS) is 13.6. The minimum Gasteiger partial charge on any atom is -0.310 e. The van der Waals surface area contributed by atoms with Crippen LogP contribution < -0.4 is 4.90 Å². The Morgan fingerprint density at radius 3 is 1.88 bits per heavy atom. The lowest BCUT2D eigenvalue weighted by molar-refractivity contribution is 0.591. The van der Waals surface area contributed by atoms with Gasteiger partial charge in [0.1, 0.15) is 0 Å². The Hall–Kier alpha value is -6.26. The maximum atomic E-state index is 2.55. The van der Waals surface area contributed by atoms with Crippen LogP contribution in [0.25, 0.3) is 84.1 Å². The van der Waals surface area contributed by atoms with Crippen LogP contribution in [0.5, 0.6) is 0 Å². The molecule has 1 aliphatic rings. The van der Waals surface area contributed by atoms with Gasteiger partial charge in [-0.2, -0.15) is 0 Å². The van der Waals surface area contributed by atoms with Gasteiger partial charge in [0.05, 0.1) is 5.69 Å². The molecule has 11 aromatic rings. The van der Waals surface area contributed by atoms with E-state index in [1.54, 1.807) is 0 Å². The largest absolute Gasteiger partial charge is 0.310 e. The Bertz CT molecular complexity index is 3570. The molecule has 288 valence electrons. The van der Waals surface area contributed by atoms with Crippen molar-refractivity contribution in [1.29, 1.82) is 0 Å². The van der Waals surface area contributed by atoms with E-state index in [0.29, 0.717) is 0 Å². The Kier molecular flexibility index (Phi) is 7.65. The molecule has 0 bridgehead atoms. The van der Waals surface area contributed by atoms with Gasteiger partial charge in [-0.25, -0.2) is 0 Å². The SMILES string of the molecule is CC(C)(C)c1ccc2c(c1)sc1cc(N(c3ccc4c(c3)-c3cc5ccccc5cc3C4(C)C)c3ccc4ccccc4c3-c3cccc4sc5ccccc5c34)ccc12. The summed E-state index contributed by atoms with van der Waals surface area (Å²) in [5.74, 6) is 0. The van der Waals surface area contributed by atoms with Crippen LogP contribution in [0, 0.1) is 0 Å². The second-order valence-corrected chi connectivity index (χ2v) is 20.3. The van der Waals surface area contributed by atoms with Gasteiger partial charge in [-0.05, 0) is 121 Å². The summed E-state index contributed by atoms with van der Waals surface area (Å²) in [4.78, 5) is 2.55. The van der Waals surface area contributed by atoms with Gasteiger partial charge in [0.15, 0.2) is 0 Å². The van der Waals surface area contributed by atoms with Crippen molar-refractivity contribution in [1.82, 2.24) is 0 Å². The van der Waals surface area contributed by atoms with Crippen molar-refractivity contribution < 1.29 is 0 Å². The number of benzene rings is 9. The quantitative estimate of drug-likeness (QED) is 0.171. The Morgan fingerprint density at radius 1 is 0.433 bits per heavy atom. The van der Waals surface area contributed by atoms with Crippen molar-refractivity contribution in [2.24, 2.45) is 0 Å². The third-order valence-corrected chi connectivity index (χ3v) is 15.4. The standard InChI is InChI=1S/C57H43NS2/c1-56(2,3)37-22-25-41-42-26-23-39(33-53(42)60-52(41)31-37)58(38-24-27-47-46(32-38)45-29-35-14-6-7-15-36(35)30-48(45)57(47,4)5)49-28-21-34-13-8-9-16-40(34)54(49)44-18-12-20-51-55(44)43-17-10-11-19-50(43)59-51/h6-33H,1-5H3. The summed E-state index contributed by atoms with van der Waals surface area (Å²) in [6, 6.07) is 64.5. The van der Waals surface area contributed by atoms with Crippen molar-refractivity contribution >= 4 is 102 Å². The summed E-state index contributed by atoms with van der Waals surface area (Å²) in [5, 5.41) is 10.3. The molecule has 0 N–H and O–H groups in total. The molecule has 60 heavy (non-hydrogen) atoms. The van der Waals surface area contributed by atoms with Crippen LogP contribution in [0.2, 0.25) is 0 Å². The summed E-state index contributed by atoms with van der Waals surface area (Å²) in [6.45, 7) is 11.7.